The molecule has 0 radical (unpaired) electrons. The largest absolute Gasteiger partial charge is 0.311 e. The highest BCUT2D eigenvalue weighted by Crippen LogP contribution is 2.21. The molecular weight excluding hydrogens is 124 g/mol. The van der Waals surface area contributed by atoms with Gasteiger partial charge in [0.05, 0.1) is 6.54 Å². The molecule has 3 heteroatoms. The first-order valence-corrected chi connectivity index (χ1v) is 3.29. The Bertz CT molecular complexity index is 83.1. The Kier molecular flexibility index (Phi) is 2.01. The van der Waals surface area contributed by atoms with Gasteiger partial charge in [0, 0.05) is 6.42 Å². The van der Waals surface area contributed by atoms with Crippen molar-refractivity contribution in [1.82, 2.24) is 5.32 Å². The predicted octanol–water partition coefficient (Wildman–Crippen LogP) is 1.40. The minimum atomic E-state index is -2.45. The molecule has 1 heterocycles. The molecule has 0 amide bonds. The summed E-state index contributed by atoms with van der Waals surface area (Å²) in [6, 6.07) is 0. The summed E-state index contributed by atoms with van der Waals surface area (Å²) in [7, 11) is 0. The molecule has 9 heavy (non-hydrogen) atoms. The first kappa shape index (κ1) is 6.93. The summed E-state index contributed by atoms with van der Waals surface area (Å²) >= 11 is 0. The summed E-state index contributed by atoms with van der Waals surface area (Å²) in [6.45, 7) is 0.614. The van der Waals surface area contributed by atoms with Crippen molar-refractivity contribution in [1.29, 1.82) is 0 Å². The lowest BCUT2D eigenvalue weighted by molar-refractivity contribution is -0.00169. The van der Waals surface area contributed by atoms with Gasteiger partial charge in [0.15, 0.2) is 0 Å². The molecule has 54 valence electrons. The van der Waals surface area contributed by atoms with Crippen LogP contribution < -0.4 is 5.32 Å². The van der Waals surface area contributed by atoms with E-state index in [4.69, 9.17) is 0 Å². The summed E-state index contributed by atoms with van der Waals surface area (Å²) in [5.41, 5.74) is 0. The third-order valence-electron chi connectivity index (χ3n) is 1.53. The summed E-state index contributed by atoms with van der Waals surface area (Å²) in [6.07, 6.45) is 1.59. The molecule has 0 bridgehead atoms. The van der Waals surface area contributed by atoms with Gasteiger partial charge in [-0.1, -0.05) is 0 Å². The molecule has 1 N–H and O–H groups in total. The second kappa shape index (κ2) is 2.60. The van der Waals surface area contributed by atoms with Crippen LogP contribution in [-0.2, 0) is 0 Å². The van der Waals surface area contributed by atoms with Gasteiger partial charge in [-0.3, -0.25) is 0 Å². The maximum absolute atomic E-state index is 12.4. The highest BCUT2D eigenvalue weighted by Gasteiger charge is 2.28. The molecule has 1 rings (SSSR count). The summed E-state index contributed by atoms with van der Waals surface area (Å²) in [5.74, 6) is -2.45. The molecule has 1 fully saturated rings. The molecule has 0 spiro atoms. The first-order chi connectivity index (χ1) is 4.21. The van der Waals surface area contributed by atoms with Crippen LogP contribution in [0.3, 0.4) is 0 Å². The molecule has 0 aromatic heterocycles. The van der Waals surface area contributed by atoms with E-state index in [1.807, 2.05) is 0 Å². The fourth-order valence-corrected chi connectivity index (χ4v) is 0.993. The SMILES string of the molecule is FC1(F)CCCCNC1. The van der Waals surface area contributed by atoms with Gasteiger partial charge >= 0.3 is 0 Å². The monoisotopic (exact) mass is 135 g/mol. The highest BCUT2D eigenvalue weighted by atomic mass is 19.3. The van der Waals surface area contributed by atoms with Crippen LogP contribution in [0.2, 0.25) is 0 Å². The van der Waals surface area contributed by atoms with Gasteiger partial charge in [-0.25, -0.2) is 8.78 Å². The molecular formula is C6H11F2N. The summed E-state index contributed by atoms with van der Waals surface area (Å²) in [4.78, 5) is 0. The maximum Gasteiger partial charge on any atom is 0.260 e. The van der Waals surface area contributed by atoms with Crippen LogP contribution in [0.5, 0.6) is 0 Å². The second-order valence-electron chi connectivity index (χ2n) is 2.49. The van der Waals surface area contributed by atoms with Gasteiger partial charge in [-0.05, 0) is 19.4 Å². The highest BCUT2D eigenvalue weighted by molar-refractivity contribution is 4.72. The molecule has 0 saturated carbocycles. The topological polar surface area (TPSA) is 12.0 Å². The zero-order valence-electron chi connectivity index (χ0n) is 5.29. The van der Waals surface area contributed by atoms with Crippen molar-refractivity contribution in [3.63, 3.8) is 0 Å². The first-order valence-electron chi connectivity index (χ1n) is 3.29. The number of hydrogen-bond donors (Lipinski definition) is 1. The van der Waals surface area contributed by atoms with Crippen LogP contribution in [0.4, 0.5) is 8.78 Å². The van der Waals surface area contributed by atoms with E-state index in [1.54, 1.807) is 0 Å². The standard InChI is InChI=1S/C6H11F2N/c7-6(8)3-1-2-4-9-5-6/h9H,1-5H2. The molecule has 0 aromatic rings. The third kappa shape index (κ3) is 2.26. The molecule has 1 nitrogen and oxygen atoms in total. The zero-order chi connectivity index (χ0) is 6.74. The lowest BCUT2D eigenvalue weighted by atomic mass is 10.2. The van der Waals surface area contributed by atoms with Gasteiger partial charge in [-0.2, -0.15) is 0 Å². The second-order valence-corrected chi connectivity index (χ2v) is 2.49. The van der Waals surface area contributed by atoms with Crippen molar-refractivity contribution >= 4 is 0 Å². The van der Waals surface area contributed by atoms with E-state index >= 15 is 0 Å². The number of halogens is 2. The van der Waals surface area contributed by atoms with Gasteiger partial charge in [0.1, 0.15) is 0 Å². The maximum atomic E-state index is 12.4. The van der Waals surface area contributed by atoms with Crippen LogP contribution in [0.1, 0.15) is 19.3 Å². The van der Waals surface area contributed by atoms with Crippen LogP contribution in [0.15, 0.2) is 0 Å². The molecule has 1 aliphatic rings. The lowest BCUT2D eigenvalue weighted by Gasteiger charge is -2.11. The average molecular weight is 135 g/mol. The summed E-state index contributed by atoms with van der Waals surface area (Å²) < 4.78 is 24.8. The fraction of sp³-hybridized carbons (Fsp3) is 1.00. The fourth-order valence-electron chi connectivity index (χ4n) is 0.993. The number of rotatable bonds is 0. The van der Waals surface area contributed by atoms with E-state index in [2.05, 4.69) is 5.32 Å². The summed E-state index contributed by atoms with van der Waals surface area (Å²) in [5, 5.41) is 2.69. The van der Waals surface area contributed by atoms with E-state index in [0.29, 0.717) is 6.42 Å². The van der Waals surface area contributed by atoms with E-state index < -0.39 is 5.92 Å². The van der Waals surface area contributed by atoms with Crippen molar-refractivity contribution in [3.8, 4) is 0 Å². The van der Waals surface area contributed by atoms with Crippen molar-refractivity contribution in [3.05, 3.63) is 0 Å². The molecule has 1 aliphatic heterocycles. The van der Waals surface area contributed by atoms with E-state index in [-0.39, 0.29) is 13.0 Å². The van der Waals surface area contributed by atoms with Crippen LogP contribution in [-0.4, -0.2) is 19.0 Å². The molecule has 0 aromatic carbocycles. The lowest BCUT2D eigenvalue weighted by Crippen LogP contribution is -2.30. The number of nitrogens with one attached hydrogen (secondary N) is 1. The smallest absolute Gasteiger partial charge is 0.260 e. The van der Waals surface area contributed by atoms with Crippen LogP contribution >= 0.6 is 0 Å². The van der Waals surface area contributed by atoms with Gasteiger partial charge in [0.25, 0.3) is 5.92 Å². The minimum absolute atomic E-state index is 0.0556. The molecule has 1 saturated heterocycles. The normalized spacial score (nSPS) is 27.3. The average Bonchev–Trinajstić information content (AvgIpc) is 1.92. The van der Waals surface area contributed by atoms with Gasteiger partial charge in [0.2, 0.25) is 0 Å². The Morgan fingerprint density at radius 1 is 1.22 bits per heavy atom. The van der Waals surface area contributed by atoms with Gasteiger partial charge < -0.3 is 5.32 Å². The molecule has 0 atom stereocenters. The Labute approximate surface area is 53.4 Å². The Morgan fingerprint density at radius 2 is 2.00 bits per heavy atom. The van der Waals surface area contributed by atoms with Gasteiger partial charge in [-0.15, -0.1) is 0 Å². The third-order valence-corrected chi connectivity index (χ3v) is 1.53. The quantitative estimate of drug-likeness (QED) is 0.529. The number of hydrogen-bond acceptors (Lipinski definition) is 1. The minimum Gasteiger partial charge on any atom is -0.311 e. The van der Waals surface area contributed by atoms with Crippen molar-refractivity contribution in [2.75, 3.05) is 13.1 Å². The number of alkyl halides is 2. The Hall–Kier alpha value is -0.180. The zero-order valence-corrected chi connectivity index (χ0v) is 5.29. The van der Waals surface area contributed by atoms with Crippen LogP contribution in [0, 0.1) is 0 Å². The Morgan fingerprint density at radius 3 is 2.78 bits per heavy atom. The molecule has 0 unspecified atom stereocenters. The Balaban J connectivity index is 2.36. The molecule has 0 aliphatic carbocycles. The van der Waals surface area contributed by atoms with Crippen molar-refractivity contribution in [2.24, 2.45) is 0 Å². The van der Waals surface area contributed by atoms with E-state index in [0.717, 1.165) is 13.0 Å². The van der Waals surface area contributed by atoms with Crippen molar-refractivity contribution < 1.29 is 8.78 Å². The predicted molar refractivity (Wildman–Crippen MR) is 31.7 cm³/mol. The van der Waals surface area contributed by atoms with Crippen LogP contribution in [0.25, 0.3) is 0 Å². The van der Waals surface area contributed by atoms with Crippen molar-refractivity contribution in [2.45, 2.75) is 25.2 Å². The van der Waals surface area contributed by atoms with E-state index in [9.17, 15) is 8.78 Å². The van der Waals surface area contributed by atoms with E-state index in [1.165, 1.54) is 0 Å².